The van der Waals surface area contributed by atoms with Gasteiger partial charge in [0.1, 0.15) is 17.2 Å². The second-order valence-corrected chi connectivity index (χ2v) is 9.63. The maximum Gasteiger partial charge on any atom is 0.311 e. The van der Waals surface area contributed by atoms with Gasteiger partial charge in [-0.15, -0.1) is 0 Å². The highest BCUT2D eigenvalue weighted by Gasteiger charge is 2.52. The lowest BCUT2D eigenvalue weighted by Gasteiger charge is -2.41. The molecule has 2 amide bonds. The quantitative estimate of drug-likeness (QED) is 0.451. The normalized spacial score (nSPS) is 22.4. The van der Waals surface area contributed by atoms with Crippen LogP contribution in [-0.4, -0.2) is 63.5 Å². The van der Waals surface area contributed by atoms with Gasteiger partial charge in [-0.2, -0.15) is 0 Å². The minimum atomic E-state index is -1.34. The molecule has 1 aromatic heterocycles. The van der Waals surface area contributed by atoms with E-state index < -0.39 is 51.6 Å². The first kappa shape index (κ1) is 25.5. The molecule has 10 nitrogen and oxygen atoms in total. The first-order valence-corrected chi connectivity index (χ1v) is 11.8. The number of nitrogens with one attached hydrogen (secondary N) is 1. The molecular weight excluding hydrogens is 471 g/mol. The number of carbonyl (C=O) groups is 3. The van der Waals surface area contributed by atoms with Crippen LogP contribution in [0, 0.1) is 5.82 Å². The van der Waals surface area contributed by atoms with Crippen LogP contribution in [0.4, 0.5) is 4.39 Å². The minimum Gasteiger partial charge on any atom is -0.501 e. The number of halogens is 1. The Hall–Kier alpha value is -3.60. The van der Waals surface area contributed by atoms with E-state index in [1.54, 1.807) is 12.1 Å². The zero-order valence-electron chi connectivity index (χ0n) is 20.5. The largest absolute Gasteiger partial charge is 0.501 e. The molecule has 2 bridgehead atoms. The van der Waals surface area contributed by atoms with Crippen LogP contribution in [0.1, 0.15) is 54.5 Å². The molecule has 11 heteroatoms. The molecule has 3 aliphatic heterocycles. The summed E-state index contributed by atoms with van der Waals surface area (Å²) in [5.41, 5.74) is -2.56. The van der Waals surface area contributed by atoms with Gasteiger partial charge in [-0.1, -0.05) is 19.1 Å². The number of aryl methyl sites for hydroxylation is 1. The zero-order chi connectivity index (χ0) is 26.3. The third kappa shape index (κ3) is 4.50. The van der Waals surface area contributed by atoms with Gasteiger partial charge in [-0.3, -0.25) is 23.7 Å². The SMILES string of the molecule is CCC12CCC(NC(=O)C(=O)N(C)C)(CO1)c1nc(C(=O)CCc3ccc(F)cc3)c(O)c(=O)n1C2. The Labute approximate surface area is 207 Å². The van der Waals surface area contributed by atoms with Gasteiger partial charge in [0, 0.05) is 20.5 Å². The van der Waals surface area contributed by atoms with Crippen LogP contribution < -0.4 is 10.9 Å². The number of Topliss-reactive ketones (excluding diaryl/α,β-unsaturated/α-hetero) is 1. The summed E-state index contributed by atoms with van der Waals surface area (Å²) >= 11 is 0. The summed E-state index contributed by atoms with van der Waals surface area (Å²) in [6.45, 7) is 1.95. The number of rotatable bonds is 6. The average Bonchev–Trinajstić information content (AvgIpc) is 3.08. The van der Waals surface area contributed by atoms with E-state index in [0.717, 1.165) is 4.90 Å². The fourth-order valence-corrected chi connectivity index (χ4v) is 4.75. The predicted octanol–water partition coefficient (Wildman–Crippen LogP) is 1.28. The summed E-state index contributed by atoms with van der Waals surface area (Å²) in [4.78, 5) is 56.9. The summed E-state index contributed by atoms with van der Waals surface area (Å²) < 4.78 is 20.6. The highest BCUT2D eigenvalue weighted by molar-refractivity contribution is 6.35. The highest BCUT2D eigenvalue weighted by atomic mass is 19.1. The van der Waals surface area contributed by atoms with Crippen molar-refractivity contribution >= 4 is 17.6 Å². The second kappa shape index (κ2) is 9.45. The van der Waals surface area contributed by atoms with Gasteiger partial charge < -0.3 is 20.1 Å². The van der Waals surface area contributed by atoms with Gasteiger partial charge in [-0.25, -0.2) is 9.37 Å². The van der Waals surface area contributed by atoms with Gasteiger partial charge in [0.2, 0.25) is 5.75 Å². The van der Waals surface area contributed by atoms with Crippen LogP contribution in [0.2, 0.25) is 0 Å². The standard InChI is InChI=1S/C25H29FN4O6/c1-4-24-11-12-25(14-36-24,28-20(33)22(35)29(2)3)23-27-18(19(32)21(34)30(23)13-24)17(31)10-7-15-5-8-16(26)9-6-15/h5-6,8-9,32H,4,7,10-14H2,1-3H3,(H,28,33). The summed E-state index contributed by atoms with van der Waals surface area (Å²) in [6.07, 6.45) is 1.53. The molecule has 36 heavy (non-hydrogen) atoms. The van der Waals surface area contributed by atoms with Crippen LogP contribution >= 0.6 is 0 Å². The Kier molecular flexibility index (Phi) is 6.70. The molecule has 4 heterocycles. The molecule has 3 aliphatic rings. The minimum absolute atomic E-state index is 0.0479. The summed E-state index contributed by atoms with van der Waals surface area (Å²) in [6, 6.07) is 5.67. The first-order valence-electron chi connectivity index (χ1n) is 11.8. The molecule has 2 atom stereocenters. The third-order valence-electron chi connectivity index (χ3n) is 7.07. The number of ketones is 1. The molecule has 0 aliphatic carbocycles. The van der Waals surface area contributed by atoms with Crippen LogP contribution in [0.15, 0.2) is 29.1 Å². The van der Waals surface area contributed by atoms with E-state index in [0.29, 0.717) is 24.8 Å². The molecule has 1 aromatic carbocycles. The average molecular weight is 501 g/mol. The van der Waals surface area contributed by atoms with Crippen molar-refractivity contribution < 1.29 is 28.6 Å². The van der Waals surface area contributed by atoms with Crippen LogP contribution in [-0.2, 0) is 32.8 Å². The smallest absolute Gasteiger partial charge is 0.311 e. The van der Waals surface area contributed by atoms with Crippen molar-refractivity contribution in [3.05, 3.63) is 57.5 Å². The van der Waals surface area contributed by atoms with Crippen molar-refractivity contribution in [2.45, 2.75) is 56.7 Å². The first-order chi connectivity index (χ1) is 17.0. The van der Waals surface area contributed by atoms with Gasteiger partial charge in [0.25, 0.3) is 5.56 Å². The number of amides is 2. The molecule has 1 saturated heterocycles. The molecule has 0 spiro atoms. The van der Waals surface area contributed by atoms with Crippen molar-refractivity contribution in [3.63, 3.8) is 0 Å². The molecule has 2 N–H and O–H groups in total. The van der Waals surface area contributed by atoms with Crippen molar-refractivity contribution in [3.8, 4) is 5.75 Å². The number of likely N-dealkylation sites (N-methyl/N-ethyl adjacent to an activating group) is 1. The third-order valence-corrected chi connectivity index (χ3v) is 7.07. The Balaban J connectivity index is 1.74. The van der Waals surface area contributed by atoms with E-state index in [1.807, 2.05) is 6.92 Å². The topological polar surface area (TPSA) is 131 Å². The van der Waals surface area contributed by atoms with Crippen LogP contribution in [0.5, 0.6) is 5.75 Å². The summed E-state index contributed by atoms with van der Waals surface area (Å²) in [5, 5.41) is 13.4. The van der Waals surface area contributed by atoms with Gasteiger partial charge in [0.05, 0.1) is 18.8 Å². The van der Waals surface area contributed by atoms with Crippen LogP contribution in [0.25, 0.3) is 0 Å². The second-order valence-electron chi connectivity index (χ2n) is 9.63. The van der Waals surface area contributed by atoms with Gasteiger partial charge in [0.15, 0.2) is 11.5 Å². The van der Waals surface area contributed by atoms with Gasteiger partial charge >= 0.3 is 11.8 Å². The van der Waals surface area contributed by atoms with E-state index >= 15 is 0 Å². The molecule has 2 aromatic rings. The monoisotopic (exact) mass is 500 g/mol. The maximum absolute atomic E-state index is 13.3. The molecule has 1 fully saturated rings. The van der Waals surface area contributed by atoms with E-state index in [-0.39, 0.29) is 31.8 Å². The lowest BCUT2D eigenvalue weighted by atomic mass is 9.83. The predicted molar refractivity (Wildman–Crippen MR) is 126 cm³/mol. The lowest BCUT2D eigenvalue weighted by molar-refractivity contribution is -0.150. The molecular formula is C25H29FN4O6. The molecule has 5 rings (SSSR count). The maximum atomic E-state index is 13.3. The van der Waals surface area contributed by atoms with Crippen molar-refractivity contribution in [1.82, 2.24) is 19.8 Å². The summed E-state index contributed by atoms with van der Waals surface area (Å²) in [7, 11) is 2.89. The zero-order valence-corrected chi connectivity index (χ0v) is 20.5. The van der Waals surface area contributed by atoms with E-state index in [1.165, 1.54) is 30.8 Å². The Morgan fingerprint density at radius 3 is 2.50 bits per heavy atom. The van der Waals surface area contributed by atoms with Gasteiger partial charge in [-0.05, 0) is 43.4 Å². The Morgan fingerprint density at radius 2 is 1.92 bits per heavy atom. The number of fused-ring (bicyclic) bond motifs is 2. The number of carbonyl (C=O) groups excluding carboxylic acids is 3. The number of aromatic hydroxyl groups is 1. The number of benzene rings is 1. The number of nitrogens with zero attached hydrogens (tertiary/aromatic N) is 3. The Bertz CT molecular complexity index is 1260. The van der Waals surface area contributed by atoms with Crippen LogP contribution in [0.3, 0.4) is 0 Å². The molecule has 0 saturated carbocycles. The molecule has 2 unspecified atom stereocenters. The molecule has 192 valence electrons. The van der Waals surface area contributed by atoms with E-state index in [9.17, 15) is 28.7 Å². The molecule has 0 radical (unpaired) electrons. The fourth-order valence-electron chi connectivity index (χ4n) is 4.75. The summed E-state index contributed by atoms with van der Waals surface area (Å²) in [5.74, 6) is -3.36. The van der Waals surface area contributed by atoms with E-state index in [4.69, 9.17) is 4.74 Å². The van der Waals surface area contributed by atoms with Crippen molar-refractivity contribution in [1.29, 1.82) is 0 Å². The highest BCUT2D eigenvalue weighted by Crippen LogP contribution is 2.43. The number of ether oxygens (including phenoxy) is 1. The number of hydrogen-bond acceptors (Lipinski definition) is 7. The Morgan fingerprint density at radius 1 is 1.22 bits per heavy atom. The number of aromatic nitrogens is 2. The number of hydrogen-bond donors (Lipinski definition) is 2. The lowest BCUT2D eigenvalue weighted by Crippen LogP contribution is -2.57. The van der Waals surface area contributed by atoms with E-state index in [2.05, 4.69) is 10.3 Å². The fraction of sp³-hybridized carbons (Fsp3) is 0.480. The van der Waals surface area contributed by atoms with Crippen molar-refractivity contribution in [2.75, 3.05) is 20.7 Å². The van der Waals surface area contributed by atoms with Crippen molar-refractivity contribution in [2.24, 2.45) is 0 Å².